The van der Waals surface area contributed by atoms with E-state index in [1.165, 1.54) is 39.2 Å². The van der Waals surface area contributed by atoms with Crippen LogP contribution in [0.4, 0.5) is 0 Å². The highest BCUT2D eigenvalue weighted by atomic mass is 16.5. The number of hydrogen-bond acceptors (Lipinski definition) is 3. The third-order valence-electron chi connectivity index (χ3n) is 4.23. The zero-order valence-corrected chi connectivity index (χ0v) is 12.6. The van der Waals surface area contributed by atoms with E-state index in [1.54, 1.807) is 0 Å². The van der Waals surface area contributed by atoms with E-state index in [1.807, 2.05) is 6.92 Å². The van der Waals surface area contributed by atoms with Crippen molar-refractivity contribution in [2.24, 2.45) is 11.3 Å². The fourth-order valence-corrected chi connectivity index (χ4v) is 2.93. The lowest BCUT2D eigenvalue weighted by Crippen LogP contribution is -2.41. The Morgan fingerprint density at radius 2 is 1.89 bits per heavy atom. The van der Waals surface area contributed by atoms with Crippen LogP contribution in [0.3, 0.4) is 0 Å². The van der Waals surface area contributed by atoms with E-state index in [0.29, 0.717) is 11.5 Å². The van der Waals surface area contributed by atoms with Gasteiger partial charge in [0.2, 0.25) is 0 Å². The monoisotopic (exact) mass is 255 g/mol. The summed E-state index contributed by atoms with van der Waals surface area (Å²) in [5.41, 5.74) is 0.406. The SMILES string of the molecule is COC(=O)[C@H](C)NC1CCCC(C(C)(C)C)CC1. The minimum absolute atomic E-state index is 0.161. The number of carbonyl (C=O) groups excluding carboxylic acids is 1. The molecule has 0 aliphatic heterocycles. The quantitative estimate of drug-likeness (QED) is 0.622. The van der Waals surface area contributed by atoms with Crippen molar-refractivity contribution in [2.45, 2.75) is 71.9 Å². The van der Waals surface area contributed by atoms with Crippen molar-refractivity contribution in [3.05, 3.63) is 0 Å². The van der Waals surface area contributed by atoms with E-state index >= 15 is 0 Å². The van der Waals surface area contributed by atoms with Crippen LogP contribution in [0.2, 0.25) is 0 Å². The van der Waals surface area contributed by atoms with Gasteiger partial charge in [0.1, 0.15) is 6.04 Å². The first-order valence-electron chi connectivity index (χ1n) is 7.18. The third-order valence-corrected chi connectivity index (χ3v) is 4.23. The zero-order chi connectivity index (χ0) is 13.8. The molecule has 0 radical (unpaired) electrons. The largest absolute Gasteiger partial charge is 0.468 e. The molecular weight excluding hydrogens is 226 g/mol. The van der Waals surface area contributed by atoms with Crippen LogP contribution in [0.1, 0.15) is 59.8 Å². The predicted molar refractivity (Wildman–Crippen MR) is 74.4 cm³/mol. The van der Waals surface area contributed by atoms with Crippen LogP contribution in [-0.4, -0.2) is 25.2 Å². The lowest BCUT2D eigenvalue weighted by Gasteiger charge is -2.29. The molecule has 0 amide bonds. The van der Waals surface area contributed by atoms with Gasteiger partial charge >= 0.3 is 5.97 Å². The average Bonchev–Trinajstić information content (AvgIpc) is 2.52. The molecule has 0 aromatic carbocycles. The Balaban J connectivity index is 2.45. The molecule has 18 heavy (non-hydrogen) atoms. The van der Waals surface area contributed by atoms with Crippen LogP contribution in [0.15, 0.2) is 0 Å². The van der Waals surface area contributed by atoms with Crippen LogP contribution in [0.25, 0.3) is 0 Å². The van der Waals surface area contributed by atoms with E-state index in [4.69, 9.17) is 4.74 Å². The molecular formula is C15H29NO2. The van der Waals surface area contributed by atoms with Crippen molar-refractivity contribution in [3.8, 4) is 0 Å². The van der Waals surface area contributed by atoms with Crippen LogP contribution < -0.4 is 5.32 Å². The predicted octanol–water partition coefficient (Wildman–Crippen LogP) is 3.13. The molecule has 0 aromatic heterocycles. The molecule has 0 spiro atoms. The van der Waals surface area contributed by atoms with Gasteiger partial charge in [-0.25, -0.2) is 0 Å². The number of hydrogen-bond donors (Lipinski definition) is 1. The molecule has 1 aliphatic carbocycles. The van der Waals surface area contributed by atoms with E-state index < -0.39 is 0 Å². The Bertz CT molecular complexity index is 270. The third kappa shape index (κ3) is 4.60. The minimum atomic E-state index is -0.189. The summed E-state index contributed by atoms with van der Waals surface area (Å²) < 4.78 is 4.76. The number of rotatable bonds is 3. The first-order chi connectivity index (χ1) is 8.34. The molecule has 3 atom stereocenters. The van der Waals surface area contributed by atoms with Crippen molar-refractivity contribution >= 4 is 5.97 Å². The van der Waals surface area contributed by atoms with Gasteiger partial charge in [-0.1, -0.05) is 27.2 Å². The average molecular weight is 255 g/mol. The molecule has 1 N–H and O–H groups in total. The second kappa shape index (κ2) is 6.55. The van der Waals surface area contributed by atoms with Crippen molar-refractivity contribution in [1.29, 1.82) is 0 Å². The van der Waals surface area contributed by atoms with Gasteiger partial charge in [-0.2, -0.15) is 0 Å². The van der Waals surface area contributed by atoms with Gasteiger partial charge in [0.25, 0.3) is 0 Å². The molecule has 1 aliphatic rings. The molecule has 1 saturated carbocycles. The maximum Gasteiger partial charge on any atom is 0.322 e. The summed E-state index contributed by atoms with van der Waals surface area (Å²) in [6.07, 6.45) is 6.17. The van der Waals surface area contributed by atoms with Gasteiger partial charge < -0.3 is 10.1 Å². The van der Waals surface area contributed by atoms with E-state index in [0.717, 1.165) is 5.92 Å². The number of carbonyl (C=O) groups is 1. The van der Waals surface area contributed by atoms with Gasteiger partial charge in [0.15, 0.2) is 0 Å². The lowest BCUT2D eigenvalue weighted by molar-refractivity contribution is -0.142. The van der Waals surface area contributed by atoms with E-state index in [2.05, 4.69) is 26.1 Å². The maximum absolute atomic E-state index is 11.4. The second-order valence-corrected chi connectivity index (χ2v) is 6.68. The van der Waals surface area contributed by atoms with Gasteiger partial charge in [0.05, 0.1) is 7.11 Å². The van der Waals surface area contributed by atoms with Crippen LogP contribution in [0.5, 0.6) is 0 Å². The molecule has 106 valence electrons. The van der Waals surface area contributed by atoms with Gasteiger partial charge in [0, 0.05) is 6.04 Å². The van der Waals surface area contributed by atoms with E-state index in [-0.39, 0.29) is 12.0 Å². The van der Waals surface area contributed by atoms with Gasteiger partial charge in [-0.05, 0) is 43.9 Å². The Kier molecular flexibility index (Phi) is 5.64. The fourth-order valence-electron chi connectivity index (χ4n) is 2.93. The molecule has 1 fully saturated rings. The molecule has 0 saturated heterocycles. The van der Waals surface area contributed by atoms with Crippen LogP contribution in [0, 0.1) is 11.3 Å². The molecule has 0 aromatic rings. The summed E-state index contributed by atoms with van der Waals surface area (Å²) in [5, 5.41) is 3.41. The highest BCUT2D eigenvalue weighted by Crippen LogP contribution is 2.36. The molecule has 3 heteroatoms. The summed E-state index contributed by atoms with van der Waals surface area (Å²) in [7, 11) is 1.45. The summed E-state index contributed by atoms with van der Waals surface area (Å²) in [4.78, 5) is 11.4. The Hall–Kier alpha value is -0.570. The normalized spacial score (nSPS) is 27.4. The molecule has 0 bridgehead atoms. The summed E-state index contributed by atoms with van der Waals surface area (Å²) in [6, 6.07) is 0.276. The smallest absolute Gasteiger partial charge is 0.322 e. The van der Waals surface area contributed by atoms with Gasteiger partial charge in [-0.3, -0.25) is 4.79 Å². The maximum atomic E-state index is 11.4. The number of esters is 1. The van der Waals surface area contributed by atoms with Crippen molar-refractivity contribution in [3.63, 3.8) is 0 Å². The topological polar surface area (TPSA) is 38.3 Å². The number of nitrogens with one attached hydrogen (secondary N) is 1. The van der Waals surface area contributed by atoms with Crippen molar-refractivity contribution < 1.29 is 9.53 Å². The zero-order valence-electron chi connectivity index (χ0n) is 12.6. The molecule has 3 nitrogen and oxygen atoms in total. The molecule has 0 heterocycles. The summed E-state index contributed by atoms with van der Waals surface area (Å²) >= 11 is 0. The fraction of sp³-hybridized carbons (Fsp3) is 0.933. The first kappa shape index (κ1) is 15.5. The molecule has 1 rings (SSSR count). The second-order valence-electron chi connectivity index (χ2n) is 6.68. The first-order valence-corrected chi connectivity index (χ1v) is 7.18. The number of ether oxygens (including phenoxy) is 1. The van der Waals surface area contributed by atoms with Crippen molar-refractivity contribution in [1.82, 2.24) is 5.32 Å². The highest BCUT2D eigenvalue weighted by Gasteiger charge is 2.28. The van der Waals surface area contributed by atoms with E-state index in [9.17, 15) is 4.79 Å². The standard InChI is InChI=1S/C15H29NO2/c1-11(14(17)18-5)16-13-8-6-7-12(9-10-13)15(2,3)4/h11-13,16H,6-10H2,1-5H3/t11-,12?,13?/m0/s1. The molecule has 2 unspecified atom stereocenters. The van der Waals surface area contributed by atoms with Crippen LogP contribution >= 0.6 is 0 Å². The van der Waals surface area contributed by atoms with Gasteiger partial charge in [-0.15, -0.1) is 0 Å². The Morgan fingerprint density at radius 3 is 2.44 bits per heavy atom. The van der Waals surface area contributed by atoms with Crippen molar-refractivity contribution in [2.75, 3.05) is 7.11 Å². The minimum Gasteiger partial charge on any atom is -0.468 e. The number of methoxy groups -OCH3 is 1. The Morgan fingerprint density at radius 1 is 1.22 bits per heavy atom. The highest BCUT2D eigenvalue weighted by molar-refractivity contribution is 5.75. The lowest BCUT2D eigenvalue weighted by atomic mass is 9.76. The summed E-state index contributed by atoms with van der Waals surface area (Å²) in [5.74, 6) is 0.643. The van der Waals surface area contributed by atoms with Crippen LogP contribution in [-0.2, 0) is 9.53 Å². The summed E-state index contributed by atoms with van der Waals surface area (Å²) in [6.45, 7) is 8.89. The Labute approximate surface area is 112 Å².